The SMILES string of the molecule is Cc1cccc(-n2nc(C(=O)Nc3ccccc3)c(=O)n(Cc3cccc(C(F)(F)F)c3)c2=O)c1. The second kappa shape index (κ2) is 9.41. The summed E-state index contributed by atoms with van der Waals surface area (Å²) in [5, 5.41) is 6.57. The molecule has 0 spiro atoms. The van der Waals surface area contributed by atoms with Gasteiger partial charge < -0.3 is 5.32 Å². The van der Waals surface area contributed by atoms with Crippen LogP contribution in [0.5, 0.6) is 0 Å². The maximum Gasteiger partial charge on any atom is 0.416 e. The molecular formula is C25H19F3N4O3. The van der Waals surface area contributed by atoms with Gasteiger partial charge in [0.25, 0.3) is 11.5 Å². The molecule has 0 bridgehead atoms. The highest BCUT2D eigenvalue weighted by molar-refractivity contribution is 6.02. The standard InChI is InChI=1S/C25H19F3N4O3/c1-16-7-5-12-20(13-16)32-24(35)31(15-17-8-6-9-18(14-17)25(26,27)28)23(34)21(30-32)22(33)29-19-10-3-2-4-11-19/h2-14H,15H2,1H3,(H,29,33). The van der Waals surface area contributed by atoms with E-state index in [9.17, 15) is 27.6 Å². The van der Waals surface area contributed by atoms with E-state index in [1.54, 1.807) is 61.5 Å². The van der Waals surface area contributed by atoms with Gasteiger partial charge >= 0.3 is 11.9 Å². The zero-order valence-electron chi connectivity index (χ0n) is 18.4. The number of para-hydroxylation sites is 1. The number of carbonyl (C=O) groups is 1. The van der Waals surface area contributed by atoms with Crippen LogP contribution >= 0.6 is 0 Å². The van der Waals surface area contributed by atoms with Crippen LogP contribution in [0.4, 0.5) is 18.9 Å². The summed E-state index contributed by atoms with van der Waals surface area (Å²) in [6.45, 7) is 1.30. The third-order valence-electron chi connectivity index (χ3n) is 5.15. The van der Waals surface area contributed by atoms with Gasteiger partial charge in [0.05, 0.1) is 17.8 Å². The number of carbonyl (C=O) groups excluding carboxylic acids is 1. The minimum Gasteiger partial charge on any atom is -0.320 e. The van der Waals surface area contributed by atoms with Crippen LogP contribution in [0, 0.1) is 6.92 Å². The van der Waals surface area contributed by atoms with Crippen LogP contribution in [-0.2, 0) is 12.7 Å². The predicted molar refractivity (Wildman–Crippen MR) is 124 cm³/mol. The number of rotatable bonds is 5. The van der Waals surface area contributed by atoms with Gasteiger partial charge in [-0.25, -0.2) is 4.79 Å². The van der Waals surface area contributed by atoms with E-state index in [0.29, 0.717) is 15.9 Å². The summed E-state index contributed by atoms with van der Waals surface area (Å²) in [5.74, 6) is -0.861. The summed E-state index contributed by atoms with van der Waals surface area (Å²) in [7, 11) is 0. The largest absolute Gasteiger partial charge is 0.416 e. The highest BCUT2D eigenvalue weighted by Gasteiger charge is 2.30. The molecule has 1 aromatic heterocycles. The van der Waals surface area contributed by atoms with Gasteiger partial charge in [0.2, 0.25) is 5.69 Å². The lowest BCUT2D eigenvalue weighted by atomic mass is 10.1. The van der Waals surface area contributed by atoms with Crippen molar-refractivity contribution in [2.45, 2.75) is 19.6 Å². The molecular weight excluding hydrogens is 461 g/mol. The van der Waals surface area contributed by atoms with Crippen molar-refractivity contribution in [1.82, 2.24) is 14.3 Å². The maximum absolute atomic E-state index is 13.2. The molecule has 35 heavy (non-hydrogen) atoms. The highest BCUT2D eigenvalue weighted by Crippen LogP contribution is 2.29. The first-order chi connectivity index (χ1) is 16.6. The van der Waals surface area contributed by atoms with Crippen molar-refractivity contribution < 1.29 is 18.0 Å². The van der Waals surface area contributed by atoms with Gasteiger partial charge in [0.1, 0.15) is 0 Å². The number of amides is 1. The minimum atomic E-state index is -4.60. The maximum atomic E-state index is 13.2. The van der Waals surface area contributed by atoms with E-state index >= 15 is 0 Å². The van der Waals surface area contributed by atoms with Gasteiger partial charge in [0, 0.05) is 5.69 Å². The van der Waals surface area contributed by atoms with Gasteiger partial charge in [-0.05, 0) is 54.4 Å². The van der Waals surface area contributed by atoms with Crippen molar-refractivity contribution in [3.8, 4) is 5.69 Å². The minimum absolute atomic E-state index is 0.0652. The second-order valence-corrected chi connectivity index (χ2v) is 7.79. The number of hydrogen-bond acceptors (Lipinski definition) is 4. The fraction of sp³-hybridized carbons (Fsp3) is 0.120. The fourth-order valence-corrected chi connectivity index (χ4v) is 3.46. The quantitative estimate of drug-likeness (QED) is 0.468. The molecule has 0 radical (unpaired) electrons. The molecule has 178 valence electrons. The molecule has 0 saturated carbocycles. The Labute approximate surface area is 197 Å². The molecule has 1 amide bonds. The van der Waals surface area contributed by atoms with Gasteiger partial charge in [-0.2, -0.15) is 23.0 Å². The number of aryl methyl sites for hydroxylation is 1. The van der Waals surface area contributed by atoms with Crippen LogP contribution in [0.2, 0.25) is 0 Å². The number of halogens is 3. The highest BCUT2D eigenvalue weighted by atomic mass is 19.4. The average Bonchev–Trinajstić information content (AvgIpc) is 2.82. The predicted octanol–water partition coefficient (Wildman–Crippen LogP) is 4.02. The Bertz CT molecular complexity index is 1510. The van der Waals surface area contributed by atoms with Gasteiger partial charge in [-0.15, -0.1) is 0 Å². The summed E-state index contributed by atoms with van der Waals surface area (Å²) in [4.78, 5) is 39.3. The Kier molecular flexibility index (Phi) is 6.37. The van der Waals surface area contributed by atoms with Crippen LogP contribution in [0.15, 0.2) is 88.5 Å². The molecule has 0 unspecified atom stereocenters. The lowest BCUT2D eigenvalue weighted by Gasteiger charge is -2.14. The zero-order valence-corrected chi connectivity index (χ0v) is 18.4. The van der Waals surface area contributed by atoms with E-state index in [4.69, 9.17) is 0 Å². The summed E-state index contributed by atoms with van der Waals surface area (Å²) in [5.41, 5.74) is -1.87. The molecule has 0 aliphatic heterocycles. The van der Waals surface area contributed by atoms with Gasteiger partial charge in [-0.3, -0.25) is 14.2 Å². The Morgan fingerprint density at radius 1 is 0.943 bits per heavy atom. The molecule has 0 aliphatic carbocycles. The fourth-order valence-electron chi connectivity index (χ4n) is 3.46. The first-order valence-electron chi connectivity index (χ1n) is 10.5. The van der Waals surface area contributed by atoms with Crippen LogP contribution in [0.1, 0.15) is 27.2 Å². The Morgan fingerprint density at radius 3 is 2.34 bits per heavy atom. The van der Waals surface area contributed by atoms with Crippen LogP contribution in [0.3, 0.4) is 0 Å². The number of anilines is 1. The first kappa shape index (κ1) is 23.7. The lowest BCUT2D eigenvalue weighted by Crippen LogP contribution is -2.45. The van der Waals surface area contributed by atoms with E-state index < -0.39 is 41.1 Å². The first-order valence-corrected chi connectivity index (χ1v) is 10.5. The van der Waals surface area contributed by atoms with Crippen LogP contribution < -0.4 is 16.6 Å². The number of nitrogens with one attached hydrogen (secondary N) is 1. The zero-order chi connectivity index (χ0) is 25.2. The van der Waals surface area contributed by atoms with Crippen molar-refractivity contribution in [3.63, 3.8) is 0 Å². The van der Waals surface area contributed by atoms with Crippen LogP contribution in [0.25, 0.3) is 5.69 Å². The molecule has 3 aromatic carbocycles. The molecule has 0 aliphatic rings. The normalized spacial score (nSPS) is 11.3. The van der Waals surface area contributed by atoms with Gasteiger partial charge in [-0.1, -0.05) is 42.5 Å². The number of benzene rings is 3. The number of nitrogens with zero attached hydrogens (tertiary/aromatic N) is 3. The van der Waals surface area contributed by atoms with Crippen LogP contribution in [-0.4, -0.2) is 20.3 Å². The second-order valence-electron chi connectivity index (χ2n) is 7.79. The molecule has 10 heteroatoms. The molecule has 4 aromatic rings. The summed E-state index contributed by atoms with van der Waals surface area (Å²) >= 11 is 0. The van der Waals surface area contributed by atoms with Crippen molar-refractivity contribution in [2.75, 3.05) is 5.32 Å². The van der Waals surface area contributed by atoms with E-state index in [-0.39, 0.29) is 5.56 Å². The summed E-state index contributed by atoms with van der Waals surface area (Å²) in [6.07, 6.45) is -4.60. The Morgan fingerprint density at radius 2 is 1.66 bits per heavy atom. The molecule has 0 fully saturated rings. The molecule has 0 atom stereocenters. The van der Waals surface area contributed by atoms with Crippen molar-refractivity contribution in [1.29, 1.82) is 0 Å². The Hall–Kier alpha value is -4.47. The summed E-state index contributed by atoms with van der Waals surface area (Å²) in [6, 6.07) is 19.3. The average molecular weight is 480 g/mol. The van der Waals surface area contributed by atoms with Crippen molar-refractivity contribution in [2.24, 2.45) is 0 Å². The van der Waals surface area contributed by atoms with E-state index in [1.807, 2.05) is 0 Å². The number of hydrogen-bond donors (Lipinski definition) is 1. The van der Waals surface area contributed by atoms with Crippen molar-refractivity contribution in [3.05, 3.63) is 122 Å². The monoisotopic (exact) mass is 480 g/mol. The third kappa shape index (κ3) is 5.21. The summed E-state index contributed by atoms with van der Waals surface area (Å²) < 4.78 is 41.1. The van der Waals surface area contributed by atoms with Gasteiger partial charge in [0.15, 0.2) is 0 Å². The number of aromatic nitrogens is 3. The molecule has 1 heterocycles. The molecule has 4 rings (SSSR count). The number of alkyl halides is 3. The van der Waals surface area contributed by atoms with E-state index in [0.717, 1.165) is 22.4 Å². The molecule has 0 saturated heterocycles. The topological polar surface area (TPSA) is 86.0 Å². The van der Waals surface area contributed by atoms with E-state index in [2.05, 4.69) is 10.4 Å². The lowest BCUT2D eigenvalue weighted by molar-refractivity contribution is -0.137. The molecule has 1 N–H and O–H groups in total. The smallest absolute Gasteiger partial charge is 0.320 e. The molecule has 7 nitrogen and oxygen atoms in total. The van der Waals surface area contributed by atoms with Crippen molar-refractivity contribution >= 4 is 11.6 Å². The Balaban J connectivity index is 1.86. The van der Waals surface area contributed by atoms with E-state index in [1.165, 1.54) is 12.1 Å². The third-order valence-corrected chi connectivity index (χ3v) is 5.15.